The van der Waals surface area contributed by atoms with E-state index >= 15 is 0 Å². The maximum Gasteiger partial charge on any atom is 0.406 e. The highest BCUT2D eigenvalue weighted by molar-refractivity contribution is 6.31. The minimum atomic E-state index is -4.73. The fourth-order valence-corrected chi connectivity index (χ4v) is 1.77. The highest BCUT2D eigenvalue weighted by atomic mass is 35.5. The molecule has 0 fully saturated rings. The van der Waals surface area contributed by atoms with Crippen LogP contribution < -0.4 is 4.74 Å². The molecule has 0 aliphatic rings. The molecule has 0 saturated carbocycles. The first-order valence-corrected chi connectivity index (χ1v) is 5.93. The summed E-state index contributed by atoms with van der Waals surface area (Å²) in [6.07, 6.45) is -4.73. The van der Waals surface area contributed by atoms with Gasteiger partial charge in [-0.25, -0.2) is 0 Å². The van der Waals surface area contributed by atoms with E-state index in [1.807, 2.05) is 0 Å². The number of ether oxygens (including phenoxy) is 1. The van der Waals surface area contributed by atoms with E-state index in [1.165, 1.54) is 19.2 Å². The summed E-state index contributed by atoms with van der Waals surface area (Å²) < 4.78 is 42.2. The van der Waals surface area contributed by atoms with E-state index < -0.39 is 31.1 Å². The van der Waals surface area contributed by atoms with Crippen LogP contribution in [0.15, 0.2) is 18.2 Å². The smallest absolute Gasteiger partial charge is 0.406 e. The molecule has 1 aromatic rings. The second kappa shape index (κ2) is 6.66. The Bertz CT molecular complexity index is 548. The fourth-order valence-electron chi connectivity index (χ4n) is 1.60. The van der Waals surface area contributed by atoms with Crippen molar-refractivity contribution in [1.29, 1.82) is 0 Å². The number of rotatable bonds is 5. The van der Waals surface area contributed by atoms with E-state index in [0.29, 0.717) is 0 Å². The Balaban J connectivity index is 3.15. The van der Waals surface area contributed by atoms with Crippen LogP contribution in [0.2, 0.25) is 5.02 Å². The van der Waals surface area contributed by atoms with Crippen LogP contribution in [0.4, 0.5) is 13.2 Å². The number of hydrogen-bond donors (Lipinski definition) is 1. The van der Waals surface area contributed by atoms with Gasteiger partial charge in [-0.05, 0) is 18.2 Å². The number of benzene rings is 1. The zero-order valence-corrected chi connectivity index (χ0v) is 11.5. The minimum Gasteiger partial charge on any atom is -0.496 e. The van der Waals surface area contributed by atoms with Gasteiger partial charge in [0.15, 0.2) is 0 Å². The molecule has 0 aromatic heterocycles. The highest BCUT2D eigenvalue weighted by Gasteiger charge is 2.35. The first kappa shape index (κ1) is 17.1. The van der Waals surface area contributed by atoms with Crippen LogP contribution in [-0.4, -0.2) is 48.3 Å². The Labute approximate surface area is 122 Å². The molecule has 0 radical (unpaired) electrons. The highest BCUT2D eigenvalue weighted by Crippen LogP contribution is 2.25. The molecule has 0 atom stereocenters. The summed E-state index contributed by atoms with van der Waals surface area (Å²) in [5.74, 6) is -2.69. The van der Waals surface area contributed by atoms with E-state index in [1.54, 1.807) is 0 Å². The molecule has 5 nitrogen and oxygen atoms in total. The summed E-state index contributed by atoms with van der Waals surface area (Å²) in [6, 6.07) is 3.82. The number of aliphatic carboxylic acids is 1. The fraction of sp³-hybridized carbons (Fsp3) is 0.333. The van der Waals surface area contributed by atoms with Crippen LogP contribution in [-0.2, 0) is 4.79 Å². The van der Waals surface area contributed by atoms with E-state index in [4.69, 9.17) is 21.4 Å². The number of nitrogens with zero attached hydrogens (tertiary/aromatic N) is 1. The van der Waals surface area contributed by atoms with Crippen molar-refractivity contribution in [1.82, 2.24) is 4.90 Å². The molecule has 0 aliphatic carbocycles. The zero-order valence-electron chi connectivity index (χ0n) is 10.8. The third-order valence-corrected chi connectivity index (χ3v) is 2.61. The number of carbonyl (C=O) groups is 2. The van der Waals surface area contributed by atoms with Crippen molar-refractivity contribution >= 4 is 23.5 Å². The van der Waals surface area contributed by atoms with Crippen LogP contribution in [0.3, 0.4) is 0 Å². The van der Waals surface area contributed by atoms with E-state index in [2.05, 4.69) is 0 Å². The average molecular weight is 326 g/mol. The summed E-state index contributed by atoms with van der Waals surface area (Å²) in [5.41, 5.74) is -0.240. The number of halogens is 4. The number of carboxylic acids is 1. The first-order valence-electron chi connectivity index (χ1n) is 5.55. The summed E-state index contributed by atoms with van der Waals surface area (Å²) in [7, 11) is 1.23. The van der Waals surface area contributed by atoms with Gasteiger partial charge >= 0.3 is 12.1 Å². The molecule has 1 N–H and O–H groups in total. The summed E-state index contributed by atoms with van der Waals surface area (Å²) >= 11 is 5.70. The van der Waals surface area contributed by atoms with Crippen LogP contribution in [0.1, 0.15) is 10.4 Å². The minimum absolute atomic E-state index is 0.00182. The van der Waals surface area contributed by atoms with Crippen LogP contribution in [0, 0.1) is 0 Å². The van der Waals surface area contributed by atoms with Crippen molar-refractivity contribution in [2.45, 2.75) is 6.18 Å². The number of methoxy groups -OCH3 is 1. The molecule has 1 amide bonds. The molecule has 1 rings (SSSR count). The average Bonchev–Trinajstić information content (AvgIpc) is 2.34. The molecule has 1 aromatic carbocycles. The Hall–Kier alpha value is -1.96. The second-order valence-corrected chi connectivity index (χ2v) is 4.45. The quantitative estimate of drug-likeness (QED) is 0.903. The topological polar surface area (TPSA) is 66.8 Å². The van der Waals surface area contributed by atoms with Crippen LogP contribution in [0.25, 0.3) is 0 Å². The van der Waals surface area contributed by atoms with Gasteiger partial charge < -0.3 is 14.7 Å². The van der Waals surface area contributed by atoms with E-state index in [9.17, 15) is 22.8 Å². The lowest BCUT2D eigenvalue weighted by atomic mass is 10.1. The van der Waals surface area contributed by atoms with Gasteiger partial charge in [0.05, 0.1) is 12.7 Å². The van der Waals surface area contributed by atoms with Gasteiger partial charge in [-0.2, -0.15) is 13.2 Å². The van der Waals surface area contributed by atoms with Crippen molar-refractivity contribution < 1.29 is 32.6 Å². The van der Waals surface area contributed by atoms with Crippen molar-refractivity contribution in [3.05, 3.63) is 28.8 Å². The number of amides is 1. The molecule has 0 spiro atoms. The standard InChI is InChI=1S/C12H11ClF3NO4/c1-21-9-3-2-7(13)4-8(9)11(20)17(5-10(18)19)6-12(14,15)16/h2-4H,5-6H2,1H3,(H,18,19). The van der Waals surface area contributed by atoms with E-state index in [-0.39, 0.29) is 21.2 Å². The Morgan fingerprint density at radius 2 is 2.00 bits per heavy atom. The second-order valence-electron chi connectivity index (χ2n) is 4.01. The van der Waals surface area contributed by atoms with Crippen LogP contribution >= 0.6 is 11.6 Å². The maximum absolute atomic E-state index is 12.4. The third-order valence-electron chi connectivity index (χ3n) is 2.38. The van der Waals surface area contributed by atoms with Crippen LogP contribution in [0.5, 0.6) is 5.75 Å². The summed E-state index contributed by atoms with van der Waals surface area (Å²) in [4.78, 5) is 22.9. The van der Waals surface area contributed by atoms with Gasteiger partial charge in [-0.15, -0.1) is 0 Å². The molecule has 0 aliphatic heterocycles. The molecule has 9 heteroatoms. The van der Waals surface area contributed by atoms with Gasteiger partial charge in [-0.1, -0.05) is 11.6 Å². The summed E-state index contributed by atoms with van der Waals surface area (Å²) in [5, 5.41) is 8.75. The number of carbonyl (C=O) groups excluding carboxylic acids is 1. The monoisotopic (exact) mass is 325 g/mol. The van der Waals surface area contributed by atoms with Gasteiger partial charge in [0.25, 0.3) is 5.91 Å². The Kier molecular flexibility index (Phi) is 5.42. The van der Waals surface area contributed by atoms with Crippen molar-refractivity contribution in [3.63, 3.8) is 0 Å². The molecular formula is C12H11ClF3NO4. The molecular weight excluding hydrogens is 315 g/mol. The number of carboxylic acid groups (broad SMARTS) is 1. The predicted molar refractivity (Wildman–Crippen MR) is 67.6 cm³/mol. The normalized spacial score (nSPS) is 11.1. The van der Waals surface area contributed by atoms with Crippen molar-refractivity contribution in [2.75, 3.05) is 20.2 Å². The number of hydrogen-bond acceptors (Lipinski definition) is 3. The SMILES string of the molecule is COc1ccc(Cl)cc1C(=O)N(CC(=O)O)CC(F)(F)F. The first-order chi connectivity index (χ1) is 9.64. The van der Waals surface area contributed by atoms with Gasteiger partial charge in [0.2, 0.25) is 0 Å². The summed E-state index contributed by atoms with van der Waals surface area (Å²) in [6.45, 7) is -2.78. The predicted octanol–water partition coefficient (Wildman–Crippen LogP) is 2.44. The third kappa shape index (κ3) is 5.14. The van der Waals surface area contributed by atoms with E-state index in [0.717, 1.165) is 6.07 Å². The number of alkyl halides is 3. The lowest BCUT2D eigenvalue weighted by Crippen LogP contribution is -2.42. The van der Waals surface area contributed by atoms with Crippen molar-refractivity contribution in [2.24, 2.45) is 0 Å². The van der Waals surface area contributed by atoms with Gasteiger partial charge in [0, 0.05) is 5.02 Å². The zero-order chi connectivity index (χ0) is 16.2. The van der Waals surface area contributed by atoms with Gasteiger partial charge in [-0.3, -0.25) is 9.59 Å². The lowest BCUT2D eigenvalue weighted by molar-refractivity contribution is -0.149. The largest absolute Gasteiger partial charge is 0.496 e. The van der Waals surface area contributed by atoms with Crippen molar-refractivity contribution in [3.8, 4) is 5.75 Å². The molecule has 0 saturated heterocycles. The maximum atomic E-state index is 12.4. The molecule has 0 bridgehead atoms. The molecule has 21 heavy (non-hydrogen) atoms. The Morgan fingerprint density at radius 3 is 2.48 bits per heavy atom. The lowest BCUT2D eigenvalue weighted by Gasteiger charge is -2.23. The van der Waals surface area contributed by atoms with Gasteiger partial charge in [0.1, 0.15) is 18.8 Å². The molecule has 0 unspecified atom stereocenters. The molecule has 0 heterocycles. The Morgan fingerprint density at radius 1 is 1.38 bits per heavy atom. The molecule has 116 valence electrons.